The average Bonchev–Trinajstić information content (AvgIpc) is 3.19. The minimum atomic E-state index is -1.12. The Morgan fingerprint density at radius 1 is 0.492 bits per heavy atom. The third-order valence-corrected chi connectivity index (χ3v) is 11.7. The Morgan fingerprint density at radius 3 is 1.25 bits per heavy atom. The first-order valence-corrected chi connectivity index (χ1v) is 25.2. The molecule has 2 atom stereocenters. The predicted molar refractivity (Wildman–Crippen MR) is 245 cm³/mol. The molecule has 8 heteroatoms. The van der Waals surface area contributed by atoms with E-state index in [1.165, 1.54) is 161 Å². The molecule has 0 aromatic heterocycles. The molecule has 0 aromatic rings. The molecule has 2 unspecified atom stereocenters. The number of carboxylic acid groups (broad SMARTS) is 1. The zero-order chi connectivity index (χ0) is 43.5. The highest BCUT2D eigenvalue weighted by atomic mass is 16.6. The fourth-order valence-electron chi connectivity index (χ4n) is 7.71. The topological polar surface area (TPSA) is 102 Å². The second-order valence-electron chi connectivity index (χ2n) is 18.4. The first-order valence-electron chi connectivity index (χ1n) is 25.2. The number of likely N-dealkylation sites (N-methyl/N-ethyl adjacent to an activating group) is 1. The van der Waals surface area contributed by atoms with Crippen LogP contribution in [0.2, 0.25) is 0 Å². The molecule has 0 fully saturated rings. The van der Waals surface area contributed by atoms with E-state index in [1.807, 2.05) is 0 Å². The van der Waals surface area contributed by atoms with Gasteiger partial charge in [-0.2, -0.15) is 0 Å². The molecule has 0 saturated heterocycles. The van der Waals surface area contributed by atoms with Gasteiger partial charge in [0.05, 0.1) is 40.3 Å². The van der Waals surface area contributed by atoms with Gasteiger partial charge in [-0.3, -0.25) is 9.59 Å². The van der Waals surface area contributed by atoms with Crippen molar-refractivity contribution in [1.82, 2.24) is 0 Å². The third-order valence-electron chi connectivity index (χ3n) is 11.7. The summed E-state index contributed by atoms with van der Waals surface area (Å²) in [6.07, 6.45) is 46.8. The van der Waals surface area contributed by atoms with Gasteiger partial charge in [0.1, 0.15) is 12.6 Å². The first-order chi connectivity index (χ1) is 28.6. The Balaban J connectivity index is 4.12. The highest BCUT2D eigenvalue weighted by Gasteiger charge is 2.25. The number of aliphatic carboxylic acids is 1. The number of ether oxygens (including phenoxy) is 3. The van der Waals surface area contributed by atoms with Crippen LogP contribution in [0.25, 0.3) is 0 Å². The van der Waals surface area contributed by atoms with E-state index in [0.717, 1.165) is 51.4 Å². The maximum atomic E-state index is 12.7. The van der Waals surface area contributed by atoms with Gasteiger partial charge in [-0.1, -0.05) is 199 Å². The van der Waals surface area contributed by atoms with E-state index >= 15 is 0 Å². The number of rotatable bonds is 46. The number of hydrogen-bond acceptors (Lipinski definition) is 7. The van der Waals surface area contributed by atoms with E-state index < -0.39 is 18.1 Å². The lowest BCUT2D eigenvalue weighted by Gasteiger charge is -2.34. The summed E-state index contributed by atoms with van der Waals surface area (Å²) in [5, 5.41) is 11.6. The minimum absolute atomic E-state index is 0.0430. The number of allylic oxidation sites excluding steroid dienone is 2. The van der Waals surface area contributed by atoms with Crippen molar-refractivity contribution in [3.8, 4) is 0 Å². The van der Waals surface area contributed by atoms with Gasteiger partial charge in [0.15, 0.2) is 6.10 Å². The molecule has 348 valence electrons. The maximum Gasteiger partial charge on any atom is 0.306 e. The molecule has 0 amide bonds. The lowest BCUT2D eigenvalue weighted by molar-refractivity contribution is -0.889. The second-order valence-corrected chi connectivity index (χ2v) is 18.4. The van der Waals surface area contributed by atoms with E-state index in [4.69, 9.17) is 14.2 Å². The van der Waals surface area contributed by atoms with Crippen LogP contribution in [0, 0.1) is 0 Å². The number of unbranched alkanes of at least 4 members (excludes halogenated alkanes) is 30. The van der Waals surface area contributed by atoms with Gasteiger partial charge in [-0.15, -0.1) is 0 Å². The SMILES string of the molecule is CCCCC/C=C/CCCCCCCC(=O)OC(COCCC(C(=O)[O-])[N+](C)(C)C)COC(=O)CCCCCCCCCCCCCCCCCCCCCCCCC. The van der Waals surface area contributed by atoms with E-state index in [9.17, 15) is 19.5 Å². The molecule has 0 radical (unpaired) electrons. The predicted octanol–water partition coefficient (Wildman–Crippen LogP) is 12.9. The Hall–Kier alpha value is -1.93. The standard InChI is InChI=1S/C51H97NO7/c1-6-8-10-12-14-16-18-20-21-22-23-24-25-26-27-28-29-30-32-33-35-37-39-41-49(53)58-46-47(45-57-44-43-48(51(55)56)52(3,4)5)59-50(54)42-40-38-36-34-31-19-17-15-13-11-9-7-2/h15,17,47-48H,6-14,16,18-46H2,1-5H3/b17-15+. The molecule has 0 aliphatic rings. The molecule has 59 heavy (non-hydrogen) atoms. The van der Waals surface area contributed by atoms with Gasteiger partial charge in [0.2, 0.25) is 0 Å². The van der Waals surface area contributed by atoms with Gasteiger partial charge in [-0.05, 0) is 38.5 Å². The summed E-state index contributed by atoms with van der Waals surface area (Å²) in [4.78, 5) is 36.9. The molecule has 0 N–H and O–H groups in total. The van der Waals surface area contributed by atoms with Crippen molar-refractivity contribution in [3.63, 3.8) is 0 Å². The summed E-state index contributed by atoms with van der Waals surface area (Å²) in [5.74, 6) is -1.73. The Morgan fingerprint density at radius 2 is 0.847 bits per heavy atom. The Bertz CT molecular complexity index is 978. The smallest absolute Gasteiger partial charge is 0.306 e. The summed E-state index contributed by atoms with van der Waals surface area (Å²) in [6, 6.07) is -0.723. The molecule has 0 heterocycles. The van der Waals surface area contributed by atoms with Crippen LogP contribution in [0.1, 0.15) is 245 Å². The lowest BCUT2D eigenvalue weighted by Crippen LogP contribution is -2.55. The molecule has 0 rings (SSSR count). The largest absolute Gasteiger partial charge is 0.544 e. The second kappa shape index (κ2) is 42.7. The zero-order valence-corrected chi connectivity index (χ0v) is 39.7. The molecule has 0 aromatic carbocycles. The molecule has 0 saturated carbocycles. The van der Waals surface area contributed by atoms with Crippen molar-refractivity contribution in [2.75, 3.05) is 41.0 Å². The summed E-state index contributed by atoms with van der Waals surface area (Å²) in [6.45, 7) is 4.67. The van der Waals surface area contributed by atoms with E-state index in [1.54, 1.807) is 21.1 Å². The fourth-order valence-corrected chi connectivity index (χ4v) is 7.71. The number of hydrogen-bond donors (Lipinski definition) is 0. The Kier molecular flexibility index (Phi) is 41.3. The van der Waals surface area contributed by atoms with Crippen molar-refractivity contribution < 1.29 is 38.2 Å². The Labute approximate surface area is 365 Å². The normalized spacial score (nSPS) is 12.9. The van der Waals surface area contributed by atoms with E-state index in [2.05, 4.69) is 26.0 Å². The zero-order valence-electron chi connectivity index (χ0n) is 39.7. The fraction of sp³-hybridized carbons (Fsp3) is 0.902. The van der Waals surface area contributed by atoms with E-state index in [-0.39, 0.29) is 42.7 Å². The van der Waals surface area contributed by atoms with E-state index in [0.29, 0.717) is 12.8 Å². The van der Waals surface area contributed by atoms with Gasteiger partial charge in [0, 0.05) is 19.3 Å². The molecule has 0 bridgehead atoms. The molecule has 0 spiro atoms. The van der Waals surface area contributed by atoms with Gasteiger partial charge in [0.25, 0.3) is 0 Å². The highest BCUT2D eigenvalue weighted by Crippen LogP contribution is 2.17. The summed E-state index contributed by atoms with van der Waals surface area (Å²) in [7, 11) is 5.42. The number of carboxylic acids is 1. The van der Waals surface area contributed by atoms with Crippen LogP contribution < -0.4 is 5.11 Å². The quantitative estimate of drug-likeness (QED) is 0.0260. The summed E-state index contributed by atoms with van der Waals surface area (Å²) < 4.78 is 17.2. The summed E-state index contributed by atoms with van der Waals surface area (Å²) >= 11 is 0. The molecule has 8 nitrogen and oxygen atoms in total. The number of quaternary nitrogens is 1. The summed E-state index contributed by atoms with van der Waals surface area (Å²) in [5.41, 5.74) is 0. The highest BCUT2D eigenvalue weighted by molar-refractivity contribution is 5.70. The van der Waals surface area contributed by atoms with Crippen LogP contribution in [0.3, 0.4) is 0 Å². The molecule has 0 aliphatic heterocycles. The third kappa shape index (κ3) is 41.2. The van der Waals surface area contributed by atoms with Gasteiger partial charge < -0.3 is 28.6 Å². The molecule has 0 aliphatic carbocycles. The average molecular weight is 836 g/mol. The number of carbonyl (C=O) groups is 3. The van der Waals surface area contributed by atoms with Crippen LogP contribution in [-0.4, -0.2) is 75.5 Å². The monoisotopic (exact) mass is 836 g/mol. The van der Waals surface area contributed by atoms with Gasteiger partial charge >= 0.3 is 11.9 Å². The number of carbonyl (C=O) groups excluding carboxylic acids is 3. The van der Waals surface area contributed by atoms with Crippen molar-refractivity contribution >= 4 is 17.9 Å². The number of esters is 2. The number of nitrogens with zero attached hydrogens (tertiary/aromatic N) is 1. The molecular weight excluding hydrogens is 739 g/mol. The van der Waals surface area contributed by atoms with Crippen LogP contribution in [0.4, 0.5) is 0 Å². The van der Waals surface area contributed by atoms with Crippen molar-refractivity contribution in [3.05, 3.63) is 12.2 Å². The maximum absolute atomic E-state index is 12.7. The van der Waals surface area contributed by atoms with Crippen LogP contribution in [-0.2, 0) is 28.6 Å². The van der Waals surface area contributed by atoms with Crippen LogP contribution in [0.15, 0.2) is 12.2 Å². The van der Waals surface area contributed by atoms with Crippen LogP contribution in [0.5, 0.6) is 0 Å². The van der Waals surface area contributed by atoms with Crippen molar-refractivity contribution in [2.24, 2.45) is 0 Å². The van der Waals surface area contributed by atoms with Crippen LogP contribution >= 0.6 is 0 Å². The molecular formula is C51H97NO7. The first kappa shape index (κ1) is 57.1. The van der Waals surface area contributed by atoms with Crippen molar-refractivity contribution in [1.29, 1.82) is 0 Å². The van der Waals surface area contributed by atoms with Crippen molar-refractivity contribution in [2.45, 2.75) is 257 Å². The van der Waals surface area contributed by atoms with Gasteiger partial charge in [-0.25, -0.2) is 0 Å². The minimum Gasteiger partial charge on any atom is -0.544 e. The lowest BCUT2D eigenvalue weighted by atomic mass is 10.0.